The minimum Gasteiger partial charge on any atom is -0.392 e. The molecule has 1 N–H and O–H groups in total. The molecule has 0 aliphatic carbocycles. The van der Waals surface area contributed by atoms with E-state index in [4.69, 9.17) is 4.74 Å². The third-order valence-electron chi connectivity index (χ3n) is 5.33. The first-order chi connectivity index (χ1) is 13.8. The van der Waals surface area contributed by atoms with Crippen LogP contribution in [0.25, 0.3) is 0 Å². The number of carbonyl (C=O) groups is 1. The summed E-state index contributed by atoms with van der Waals surface area (Å²) >= 11 is 0. The molecule has 7 heteroatoms. The molecule has 1 fully saturated rings. The van der Waals surface area contributed by atoms with Crippen molar-refractivity contribution in [2.75, 3.05) is 6.61 Å². The Morgan fingerprint density at radius 3 is 2.34 bits per heavy atom. The van der Waals surface area contributed by atoms with Gasteiger partial charge >= 0.3 is 0 Å². The van der Waals surface area contributed by atoms with Gasteiger partial charge in [-0.3, -0.25) is 4.79 Å². The largest absolute Gasteiger partial charge is 0.392 e. The third kappa shape index (κ3) is 4.28. The van der Waals surface area contributed by atoms with E-state index in [1.165, 1.54) is 11.2 Å². The number of aliphatic hydroxyl groups excluding tert-OH is 1. The summed E-state index contributed by atoms with van der Waals surface area (Å²) in [6.45, 7) is 5.43. The molecule has 2 aromatic rings. The zero-order valence-corrected chi connectivity index (χ0v) is 17.7. The van der Waals surface area contributed by atoms with Gasteiger partial charge in [-0.2, -0.15) is 4.31 Å². The van der Waals surface area contributed by atoms with Gasteiger partial charge in [-0.1, -0.05) is 55.0 Å². The molecule has 0 radical (unpaired) electrons. The normalized spacial score (nSPS) is 22.3. The molecule has 1 aliphatic rings. The Morgan fingerprint density at radius 2 is 1.79 bits per heavy atom. The lowest BCUT2D eigenvalue weighted by Gasteiger charge is -2.32. The maximum Gasteiger partial charge on any atom is 0.245 e. The second kappa shape index (κ2) is 8.75. The summed E-state index contributed by atoms with van der Waals surface area (Å²) in [5.74, 6) is -1.37. The predicted octanol–water partition coefficient (Wildman–Crippen LogP) is 3.00. The standard InChI is InChI=1S/C22H27NO5S/c1-4-18-14-28-22(20(16(3)24)21(25)17-8-6-5-7-9-17)23(18)29(26,27)19-12-10-15(2)11-13-19/h5-13,16,18,20,22,24H,4,14H2,1-3H3/t16-,18+,20-,22+/m0/s1. The van der Waals surface area contributed by atoms with E-state index >= 15 is 0 Å². The number of nitrogens with zero attached hydrogens (tertiary/aromatic N) is 1. The van der Waals surface area contributed by atoms with E-state index in [-0.39, 0.29) is 17.3 Å². The zero-order chi connectivity index (χ0) is 21.2. The molecule has 29 heavy (non-hydrogen) atoms. The van der Waals surface area contributed by atoms with Crippen LogP contribution in [-0.4, -0.2) is 48.6 Å². The summed E-state index contributed by atoms with van der Waals surface area (Å²) in [5.41, 5.74) is 1.36. The molecule has 0 unspecified atom stereocenters. The number of hydrogen-bond acceptors (Lipinski definition) is 5. The molecule has 3 rings (SSSR count). The van der Waals surface area contributed by atoms with Crippen molar-refractivity contribution in [3.05, 3.63) is 65.7 Å². The third-order valence-corrected chi connectivity index (χ3v) is 7.25. The van der Waals surface area contributed by atoms with Gasteiger partial charge in [-0.05, 0) is 32.4 Å². The monoisotopic (exact) mass is 417 g/mol. The summed E-state index contributed by atoms with van der Waals surface area (Å²) in [6.07, 6.45) is -1.62. The van der Waals surface area contributed by atoms with E-state index in [1.54, 1.807) is 54.6 Å². The van der Waals surface area contributed by atoms with E-state index in [1.807, 2.05) is 13.8 Å². The number of benzene rings is 2. The summed E-state index contributed by atoms with van der Waals surface area (Å²) in [4.78, 5) is 13.3. The summed E-state index contributed by atoms with van der Waals surface area (Å²) in [6, 6.07) is 14.8. The van der Waals surface area contributed by atoms with Crippen LogP contribution in [0.15, 0.2) is 59.5 Å². The van der Waals surface area contributed by atoms with Crippen molar-refractivity contribution < 1.29 is 23.1 Å². The molecular formula is C22H27NO5S. The highest BCUT2D eigenvalue weighted by atomic mass is 32.2. The fourth-order valence-corrected chi connectivity index (χ4v) is 5.46. The van der Waals surface area contributed by atoms with Crippen molar-refractivity contribution >= 4 is 15.8 Å². The number of aliphatic hydroxyl groups is 1. The van der Waals surface area contributed by atoms with Crippen LogP contribution in [-0.2, 0) is 14.8 Å². The number of ether oxygens (including phenoxy) is 1. The number of ketones is 1. The van der Waals surface area contributed by atoms with Crippen LogP contribution in [0.2, 0.25) is 0 Å². The van der Waals surface area contributed by atoms with Crippen molar-refractivity contribution in [3.63, 3.8) is 0 Å². The van der Waals surface area contributed by atoms with Crippen LogP contribution in [0, 0.1) is 12.8 Å². The Bertz CT molecular complexity index is 941. The molecular weight excluding hydrogens is 390 g/mol. The van der Waals surface area contributed by atoms with Gasteiger partial charge in [-0.25, -0.2) is 8.42 Å². The van der Waals surface area contributed by atoms with Gasteiger partial charge in [0.15, 0.2) is 5.78 Å². The lowest BCUT2D eigenvalue weighted by atomic mass is 9.91. The summed E-state index contributed by atoms with van der Waals surface area (Å²) in [7, 11) is -3.92. The molecule has 1 heterocycles. The van der Waals surface area contributed by atoms with Crippen LogP contribution in [0.4, 0.5) is 0 Å². The first-order valence-corrected chi connectivity index (χ1v) is 11.2. The molecule has 0 amide bonds. The quantitative estimate of drug-likeness (QED) is 0.700. The van der Waals surface area contributed by atoms with Crippen LogP contribution in [0.1, 0.15) is 36.2 Å². The highest BCUT2D eigenvalue weighted by Gasteiger charge is 2.49. The number of carbonyl (C=O) groups excluding carboxylic acids is 1. The van der Waals surface area contributed by atoms with Gasteiger partial charge < -0.3 is 9.84 Å². The van der Waals surface area contributed by atoms with Crippen LogP contribution >= 0.6 is 0 Å². The van der Waals surface area contributed by atoms with Crippen LogP contribution in [0.3, 0.4) is 0 Å². The van der Waals surface area contributed by atoms with Gasteiger partial charge in [0.1, 0.15) is 6.23 Å². The van der Waals surface area contributed by atoms with Crippen molar-refractivity contribution in [2.45, 2.75) is 50.5 Å². The minimum absolute atomic E-state index is 0.147. The maximum atomic E-state index is 13.5. The Kier molecular flexibility index (Phi) is 6.53. The Morgan fingerprint density at radius 1 is 1.17 bits per heavy atom. The van der Waals surface area contributed by atoms with Crippen molar-refractivity contribution in [1.29, 1.82) is 0 Å². The number of Topliss-reactive ketones (excluding diaryl/α,β-unsaturated/α-hetero) is 1. The van der Waals surface area contributed by atoms with E-state index in [0.29, 0.717) is 12.0 Å². The fraction of sp³-hybridized carbons (Fsp3) is 0.409. The SMILES string of the molecule is CC[C@@H]1CO[C@H]([C@H](C(=O)c2ccccc2)[C@H](C)O)N1S(=O)(=O)c1ccc(C)cc1. The lowest BCUT2D eigenvalue weighted by Crippen LogP contribution is -2.50. The fourth-order valence-electron chi connectivity index (χ4n) is 3.67. The number of sulfonamides is 1. The van der Waals surface area contributed by atoms with E-state index in [9.17, 15) is 18.3 Å². The molecule has 156 valence electrons. The van der Waals surface area contributed by atoms with Crippen LogP contribution in [0.5, 0.6) is 0 Å². The van der Waals surface area contributed by atoms with Crippen molar-refractivity contribution in [1.82, 2.24) is 4.31 Å². The number of rotatable bonds is 7. The average molecular weight is 418 g/mol. The number of hydrogen-bond donors (Lipinski definition) is 1. The van der Waals surface area contributed by atoms with Crippen LogP contribution < -0.4 is 0 Å². The zero-order valence-electron chi connectivity index (χ0n) is 16.9. The van der Waals surface area contributed by atoms with Crippen molar-refractivity contribution in [3.8, 4) is 0 Å². The van der Waals surface area contributed by atoms with Gasteiger partial charge in [-0.15, -0.1) is 0 Å². The highest BCUT2D eigenvalue weighted by Crippen LogP contribution is 2.34. The molecule has 1 saturated heterocycles. The molecule has 1 aliphatic heterocycles. The average Bonchev–Trinajstić information content (AvgIpc) is 3.13. The van der Waals surface area contributed by atoms with E-state index in [2.05, 4.69) is 0 Å². The summed E-state index contributed by atoms with van der Waals surface area (Å²) in [5, 5.41) is 10.4. The minimum atomic E-state index is -3.92. The molecule has 2 aromatic carbocycles. The lowest BCUT2D eigenvalue weighted by molar-refractivity contribution is -0.0212. The maximum absolute atomic E-state index is 13.5. The Labute approximate surface area is 172 Å². The first-order valence-electron chi connectivity index (χ1n) is 9.76. The molecule has 0 spiro atoms. The number of aryl methyl sites for hydroxylation is 1. The van der Waals surface area contributed by atoms with Gasteiger partial charge in [0.25, 0.3) is 0 Å². The van der Waals surface area contributed by atoms with E-state index < -0.39 is 34.3 Å². The molecule has 0 saturated carbocycles. The topological polar surface area (TPSA) is 83.9 Å². The molecule has 6 nitrogen and oxygen atoms in total. The second-order valence-electron chi connectivity index (χ2n) is 7.43. The highest BCUT2D eigenvalue weighted by molar-refractivity contribution is 7.89. The Balaban J connectivity index is 2.03. The van der Waals surface area contributed by atoms with Gasteiger partial charge in [0.05, 0.1) is 29.6 Å². The Hall–Kier alpha value is -2.06. The molecule has 0 bridgehead atoms. The van der Waals surface area contributed by atoms with Gasteiger partial charge in [0, 0.05) is 5.56 Å². The molecule has 4 atom stereocenters. The van der Waals surface area contributed by atoms with Crippen molar-refractivity contribution in [2.24, 2.45) is 5.92 Å². The van der Waals surface area contributed by atoms with Gasteiger partial charge in [0.2, 0.25) is 10.0 Å². The predicted molar refractivity (Wildman–Crippen MR) is 110 cm³/mol. The second-order valence-corrected chi connectivity index (χ2v) is 9.27. The smallest absolute Gasteiger partial charge is 0.245 e. The first kappa shape index (κ1) is 21.6. The van der Waals surface area contributed by atoms with E-state index in [0.717, 1.165) is 5.56 Å². The summed E-state index contributed by atoms with van der Waals surface area (Å²) < 4.78 is 34.0. The molecule has 0 aromatic heterocycles.